The van der Waals surface area contributed by atoms with Crippen LogP contribution in [0.5, 0.6) is 0 Å². The fraction of sp³-hybridized carbons (Fsp3) is 0.607. The van der Waals surface area contributed by atoms with E-state index in [-0.39, 0.29) is 24.8 Å². The van der Waals surface area contributed by atoms with Gasteiger partial charge in [-0.05, 0) is 70.6 Å². The number of rotatable bonds is 10. The molecule has 10 nitrogen and oxygen atoms in total. The Kier molecular flexibility index (Phi) is 11.1. The number of amides is 4. The summed E-state index contributed by atoms with van der Waals surface area (Å²) in [5.74, 6) is -1.71. The molecule has 0 bridgehead atoms. The number of nitrogens with two attached hydrogens (primary N) is 1. The van der Waals surface area contributed by atoms with Gasteiger partial charge < -0.3 is 26.0 Å². The second kappa shape index (κ2) is 13.8. The van der Waals surface area contributed by atoms with Crippen molar-refractivity contribution in [3.05, 3.63) is 34.9 Å². The summed E-state index contributed by atoms with van der Waals surface area (Å²) in [6, 6.07) is 5.19. The molecule has 0 radical (unpaired) electrons. The number of nitriles is 1. The molecule has 2 unspecified atom stereocenters. The molecule has 38 heavy (non-hydrogen) atoms. The first-order chi connectivity index (χ1) is 17.8. The molecule has 4 N–H and O–H groups in total. The topological polar surface area (TPSA) is 155 Å². The number of benzene rings is 1. The summed E-state index contributed by atoms with van der Waals surface area (Å²) in [5, 5.41) is 15.3. The predicted octanol–water partition coefficient (Wildman–Crippen LogP) is 3.30. The lowest BCUT2D eigenvalue weighted by Crippen LogP contribution is -2.54. The van der Waals surface area contributed by atoms with Crippen LogP contribution in [0.25, 0.3) is 0 Å². The maximum absolute atomic E-state index is 14.0. The summed E-state index contributed by atoms with van der Waals surface area (Å²) in [4.78, 5) is 53.1. The number of nitrogens with one attached hydrogen (secondary N) is 2. The highest BCUT2D eigenvalue weighted by Crippen LogP contribution is 2.30. The lowest BCUT2D eigenvalue weighted by Gasteiger charge is -2.35. The Morgan fingerprint density at radius 3 is 2.26 bits per heavy atom. The zero-order chi connectivity index (χ0) is 28.5. The highest BCUT2D eigenvalue weighted by atomic mass is 16.6. The number of ether oxygens (including phenoxy) is 1. The van der Waals surface area contributed by atoms with Gasteiger partial charge in [0.2, 0.25) is 17.7 Å². The van der Waals surface area contributed by atoms with Crippen molar-refractivity contribution in [2.45, 2.75) is 103 Å². The molecule has 0 saturated heterocycles. The molecular weight excluding hydrogens is 486 g/mol. The van der Waals surface area contributed by atoms with Gasteiger partial charge in [-0.2, -0.15) is 5.26 Å². The van der Waals surface area contributed by atoms with E-state index in [1.807, 2.05) is 38.1 Å². The van der Waals surface area contributed by atoms with Crippen LogP contribution in [-0.2, 0) is 19.1 Å². The third-order valence-electron chi connectivity index (χ3n) is 6.52. The largest absolute Gasteiger partial charge is 0.444 e. The summed E-state index contributed by atoms with van der Waals surface area (Å²) < 4.78 is 5.31. The highest BCUT2D eigenvalue weighted by Gasteiger charge is 2.38. The van der Waals surface area contributed by atoms with Gasteiger partial charge in [0.1, 0.15) is 24.2 Å². The van der Waals surface area contributed by atoms with E-state index in [4.69, 9.17) is 10.5 Å². The Balaban J connectivity index is 2.51. The summed E-state index contributed by atoms with van der Waals surface area (Å²) in [7, 11) is 0. The van der Waals surface area contributed by atoms with Gasteiger partial charge >= 0.3 is 6.09 Å². The van der Waals surface area contributed by atoms with Gasteiger partial charge in [0.05, 0.1) is 6.07 Å². The second-order valence-corrected chi connectivity index (χ2v) is 10.9. The zero-order valence-corrected chi connectivity index (χ0v) is 23.1. The van der Waals surface area contributed by atoms with Crippen molar-refractivity contribution in [1.82, 2.24) is 15.5 Å². The molecular formula is C28H41N5O5. The first-order valence-corrected chi connectivity index (χ1v) is 13.2. The van der Waals surface area contributed by atoms with Crippen LogP contribution in [0, 0.1) is 25.2 Å². The SMILES string of the molecule is Cc1cccc(C)c1C(C(=O)NC1CCCCC1)N(CC#N)C(=O)C(CCC(N)=O)NC(=O)OC(C)(C)C. The number of primary amides is 1. The number of alkyl carbamates (subject to hydrolysis) is 1. The number of aryl methyl sites for hydroxylation is 2. The monoisotopic (exact) mass is 527 g/mol. The molecule has 1 aliphatic rings. The highest BCUT2D eigenvalue weighted by molar-refractivity contribution is 5.93. The average molecular weight is 528 g/mol. The predicted molar refractivity (Wildman–Crippen MR) is 143 cm³/mol. The molecule has 0 aliphatic heterocycles. The summed E-state index contributed by atoms with van der Waals surface area (Å²) in [5.41, 5.74) is 6.70. The maximum atomic E-state index is 14.0. The van der Waals surface area contributed by atoms with E-state index in [1.54, 1.807) is 20.8 Å². The maximum Gasteiger partial charge on any atom is 0.408 e. The van der Waals surface area contributed by atoms with E-state index < -0.39 is 42.1 Å². The van der Waals surface area contributed by atoms with E-state index >= 15 is 0 Å². The van der Waals surface area contributed by atoms with Crippen LogP contribution < -0.4 is 16.4 Å². The van der Waals surface area contributed by atoms with Crippen LogP contribution in [0.4, 0.5) is 4.79 Å². The van der Waals surface area contributed by atoms with Crippen molar-refractivity contribution in [3.63, 3.8) is 0 Å². The minimum Gasteiger partial charge on any atom is -0.444 e. The number of carbonyl (C=O) groups excluding carboxylic acids is 4. The van der Waals surface area contributed by atoms with Crippen molar-refractivity contribution < 1.29 is 23.9 Å². The van der Waals surface area contributed by atoms with Crippen molar-refractivity contribution in [3.8, 4) is 6.07 Å². The van der Waals surface area contributed by atoms with Crippen molar-refractivity contribution in [1.29, 1.82) is 5.26 Å². The van der Waals surface area contributed by atoms with Gasteiger partial charge in [0, 0.05) is 12.5 Å². The molecule has 1 aromatic carbocycles. The Morgan fingerprint density at radius 2 is 1.74 bits per heavy atom. The first kappa shape index (κ1) is 30.6. The molecule has 2 rings (SSSR count). The Bertz CT molecular complexity index is 1030. The van der Waals surface area contributed by atoms with Crippen LogP contribution in [-0.4, -0.2) is 52.9 Å². The minimum atomic E-state index is -1.24. The normalized spacial score (nSPS) is 15.5. The van der Waals surface area contributed by atoms with Gasteiger partial charge in [0.25, 0.3) is 0 Å². The molecule has 208 valence electrons. The lowest BCUT2D eigenvalue weighted by molar-refractivity contribution is -0.142. The molecule has 0 spiro atoms. The fourth-order valence-corrected chi connectivity index (χ4v) is 4.78. The van der Waals surface area contributed by atoms with Gasteiger partial charge in [-0.3, -0.25) is 14.4 Å². The van der Waals surface area contributed by atoms with E-state index in [0.717, 1.165) is 43.2 Å². The molecule has 10 heteroatoms. The minimum absolute atomic E-state index is 0.0207. The molecule has 4 amide bonds. The number of hydrogen-bond acceptors (Lipinski definition) is 6. The van der Waals surface area contributed by atoms with Gasteiger partial charge in [-0.15, -0.1) is 0 Å². The quantitative estimate of drug-likeness (QED) is 0.397. The van der Waals surface area contributed by atoms with E-state index in [9.17, 15) is 24.4 Å². The van der Waals surface area contributed by atoms with Crippen LogP contribution in [0.2, 0.25) is 0 Å². The molecule has 1 aromatic rings. The molecule has 0 heterocycles. The molecule has 1 saturated carbocycles. The van der Waals surface area contributed by atoms with E-state index in [1.165, 1.54) is 4.90 Å². The summed E-state index contributed by atoms with van der Waals surface area (Å²) >= 11 is 0. The van der Waals surface area contributed by atoms with E-state index in [2.05, 4.69) is 10.6 Å². The Morgan fingerprint density at radius 1 is 1.13 bits per heavy atom. The van der Waals surface area contributed by atoms with Crippen LogP contribution in [0.3, 0.4) is 0 Å². The van der Waals surface area contributed by atoms with Gasteiger partial charge in [-0.25, -0.2) is 4.79 Å². The van der Waals surface area contributed by atoms with Crippen LogP contribution >= 0.6 is 0 Å². The molecule has 0 aromatic heterocycles. The van der Waals surface area contributed by atoms with Gasteiger partial charge in [0.15, 0.2) is 0 Å². The first-order valence-electron chi connectivity index (χ1n) is 13.2. The molecule has 1 fully saturated rings. The standard InChI is InChI=1S/C28H41N5O5/c1-18-10-9-11-19(2)23(18)24(25(35)31-20-12-7-6-8-13-20)33(17-16-29)26(36)21(14-15-22(30)34)32-27(37)38-28(3,4)5/h9-11,20-21,24H,6-8,12-15,17H2,1-5H3,(H2,30,34)(H,31,35)(H,32,37). The zero-order valence-electron chi connectivity index (χ0n) is 23.1. The number of hydrogen-bond donors (Lipinski definition) is 3. The third-order valence-corrected chi connectivity index (χ3v) is 6.52. The van der Waals surface area contributed by atoms with Crippen molar-refractivity contribution >= 4 is 23.8 Å². The summed E-state index contributed by atoms with van der Waals surface area (Å²) in [6.45, 7) is 8.34. The van der Waals surface area contributed by atoms with Crippen molar-refractivity contribution in [2.24, 2.45) is 5.73 Å². The second-order valence-electron chi connectivity index (χ2n) is 10.9. The van der Waals surface area contributed by atoms with E-state index in [0.29, 0.717) is 5.56 Å². The number of nitrogens with zero attached hydrogens (tertiary/aromatic N) is 2. The van der Waals surface area contributed by atoms with Crippen LogP contribution in [0.1, 0.15) is 88.4 Å². The smallest absolute Gasteiger partial charge is 0.408 e. The summed E-state index contributed by atoms with van der Waals surface area (Å²) in [6.07, 6.45) is 3.67. The van der Waals surface area contributed by atoms with Crippen molar-refractivity contribution in [2.75, 3.05) is 6.54 Å². The van der Waals surface area contributed by atoms with Crippen LogP contribution in [0.15, 0.2) is 18.2 Å². The number of carbonyl (C=O) groups is 4. The fourth-order valence-electron chi connectivity index (χ4n) is 4.78. The lowest BCUT2D eigenvalue weighted by atomic mass is 9.91. The Hall–Kier alpha value is -3.61. The molecule has 2 atom stereocenters. The molecule has 1 aliphatic carbocycles. The average Bonchev–Trinajstić information content (AvgIpc) is 2.82. The Labute approximate surface area is 225 Å². The van der Waals surface area contributed by atoms with Gasteiger partial charge in [-0.1, -0.05) is 37.5 Å². The third kappa shape index (κ3) is 9.05.